The molecule has 0 fully saturated rings. The standard InChI is InChI=1S/C13H11FN2O2/c1-8-15-6-5-11(16-8)13(17)10-4-3-9(14)7-12(10)18-2/h3-7H,1-2H3. The van der Waals surface area contributed by atoms with Gasteiger partial charge in [0.05, 0.1) is 12.7 Å². The molecule has 0 aliphatic carbocycles. The lowest BCUT2D eigenvalue weighted by atomic mass is 10.1. The highest BCUT2D eigenvalue weighted by molar-refractivity contribution is 6.09. The Kier molecular flexibility index (Phi) is 3.32. The van der Waals surface area contributed by atoms with E-state index in [2.05, 4.69) is 9.97 Å². The van der Waals surface area contributed by atoms with Crippen molar-refractivity contribution in [3.63, 3.8) is 0 Å². The highest BCUT2D eigenvalue weighted by atomic mass is 19.1. The Morgan fingerprint density at radius 2 is 2.11 bits per heavy atom. The molecule has 0 unspecified atom stereocenters. The number of hydrogen-bond acceptors (Lipinski definition) is 4. The van der Waals surface area contributed by atoms with Gasteiger partial charge in [-0.1, -0.05) is 0 Å². The molecule has 0 radical (unpaired) electrons. The third-order valence-corrected chi connectivity index (χ3v) is 2.42. The molecule has 0 bridgehead atoms. The number of carbonyl (C=O) groups is 1. The van der Waals surface area contributed by atoms with E-state index in [9.17, 15) is 9.18 Å². The molecule has 0 aliphatic rings. The Labute approximate surface area is 103 Å². The maximum absolute atomic E-state index is 13.0. The van der Waals surface area contributed by atoms with E-state index in [1.54, 1.807) is 6.92 Å². The van der Waals surface area contributed by atoms with Crippen molar-refractivity contribution in [2.45, 2.75) is 6.92 Å². The van der Waals surface area contributed by atoms with Gasteiger partial charge in [0.2, 0.25) is 5.78 Å². The van der Waals surface area contributed by atoms with Crippen molar-refractivity contribution in [3.8, 4) is 5.75 Å². The van der Waals surface area contributed by atoms with Gasteiger partial charge in [0.25, 0.3) is 0 Å². The molecule has 0 N–H and O–H groups in total. The second-order valence-corrected chi connectivity index (χ2v) is 3.66. The van der Waals surface area contributed by atoms with Gasteiger partial charge in [-0.2, -0.15) is 0 Å². The van der Waals surface area contributed by atoms with Gasteiger partial charge in [-0.3, -0.25) is 4.79 Å². The van der Waals surface area contributed by atoms with E-state index in [0.29, 0.717) is 5.82 Å². The zero-order valence-corrected chi connectivity index (χ0v) is 9.98. The van der Waals surface area contributed by atoms with Crippen LogP contribution >= 0.6 is 0 Å². The Morgan fingerprint density at radius 3 is 2.78 bits per heavy atom. The zero-order valence-electron chi connectivity index (χ0n) is 9.98. The van der Waals surface area contributed by atoms with E-state index in [1.807, 2.05) is 0 Å². The number of halogens is 1. The fourth-order valence-electron chi connectivity index (χ4n) is 1.57. The molecule has 0 atom stereocenters. The molecule has 4 nitrogen and oxygen atoms in total. The number of ether oxygens (including phenoxy) is 1. The summed E-state index contributed by atoms with van der Waals surface area (Å²) in [6.45, 7) is 1.69. The number of ketones is 1. The average molecular weight is 246 g/mol. The van der Waals surface area contributed by atoms with Crippen LogP contribution < -0.4 is 4.74 Å². The summed E-state index contributed by atoms with van der Waals surface area (Å²) in [4.78, 5) is 20.2. The smallest absolute Gasteiger partial charge is 0.215 e. The van der Waals surface area contributed by atoms with Gasteiger partial charge >= 0.3 is 0 Å². The molecule has 0 spiro atoms. The number of methoxy groups -OCH3 is 1. The molecule has 1 aromatic heterocycles. The monoisotopic (exact) mass is 246 g/mol. The number of nitrogens with zero attached hydrogens (tertiary/aromatic N) is 2. The van der Waals surface area contributed by atoms with Crippen molar-refractivity contribution in [1.29, 1.82) is 0 Å². The molecule has 0 aliphatic heterocycles. The van der Waals surface area contributed by atoms with Crippen molar-refractivity contribution >= 4 is 5.78 Å². The Hall–Kier alpha value is -2.30. The molecular weight excluding hydrogens is 235 g/mol. The molecule has 18 heavy (non-hydrogen) atoms. The first-order chi connectivity index (χ1) is 8.61. The summed E-state index contributed by atoms with van der Waals surface area (Å²) < 4.78 is 18.0. The lowest BCUT2D eigenvalue weighted by Crippen LogP contribution is -2.07. The van der Waals surface area contributed by atoms with E-state index >= 15 is 0 Å². The topological polar surface area (TPSA) is 52.1 Å². The Bertz CT molecular complexity index is 599. The molecule has 2 aromatic rings. The predicted molar refractivity (Wildman–Crippen MR) is 63.2 cm³/mol. The molecule has 2 rings (SSSR count). The third kappa shape index (κ3) is 2.34. The normalized spacial score (nSPS) is 10.2. The summed E-state index contributed by atoms with van der Waals surface area (Å²) in [7, 11) is 1.39. The molecule has 1 aromatic carbocycles. The minimum Gasteiger partial charge on any atom is -0.496 e. The van der Waals surface area contributed by atoms with Crippen LogP contribution in [0.2, 0.25) is 0 Å². The molecule has 5 heteroatoms. The SMILES string of the molecule is COc1cc(F)ccc1C(=O)c1ccnc(C)n1. The highest BCUT2D eigenvalue weighted by Gasteiger charge is 2.16. The maximum Gasteiger partial charge on any atom is 0.215 e. The van der Waals surface area contributed by atoms with E-state index in [1.165, 1.54) is 37.6 Å². The molecule has 0 saturated heterocycles. The van der Waals surface area contributed by atoms with Crippen molar-refractivity contribution in [3.05, 3.63) is 53.4 Å². The summed E-state index contributed by atoms with van der Waals surface area (Å²) in [5, 5.41) is 0. The number of carbonyl (C=O) groups excluding carboxylic acids is 1. The Balaban J connectivity index is 2.46. The maximum atomic E-state index is 13.0. The van der Waals surface area contributed by atoms with Crippen LogP contribution in [0.5, 0.6) is 5.75 Å². The largest absolute Gasteiger partial charge is 0.496 e. The summed E-state index contributed by atoms with van der Waals surface area (Å²) in [5.74, 6) is -0.0854. The van der Waals surface area contributed by atoms with Crippen molar-refractivity contribution in [2.24, 2.45) is 0 Å². The summed E-state index contributed by atoms with van der Waals surface area (Å²) in [6, 6.07) is 5.27. The third-order valence-electron chi connectivity index (χ3n) is 2.42. The van der Waals surface area contributed by atoms with Gasteiger partial charge in [0.1, 0.15) is 23.1 Å². The minimum absolute atomic E-state index is 0.191. The average Bonchev–Trinajstić information content (AvgIpc) is 2.37. The van der Waals surface area contributed by atoms with Crippen molar-refractivity contribution in [1.82, 2.24) is 9.97 Å². The quantitative estimate of drug-likeness (QED) is 0.779. The minimum atomic E-state index is -0.456. The van der Waals surface area contributed by atoms with Gasteiger partial charge in [-0.15, -0.1) is 0 Å². The second kappa shape index (κ2) is 4.91. The molecular formula is C13H11FN2O2. The van der Waals surface area contributed by atoms with Gasteiger partial charge in [0.15, 0.2) is 0 Å². The Morgan fingerprint density at radius 1 is 1.33 bits per heavy atom. The van der Waals surface area contributed by atoms with Crippen LogP contribution in [-0.4, -0.2) is 22.9 Å². The first kappa shape index (κ1) is 12.2. The van der Waals surface area contributed by atoms with Crippen molar-refractivity contribution < 1.29 is 13.9 Å². The van der Waals surface area contributed by atoms with E-state index in [0.717, 1.165) is 0 Å². The zero-order chi connectivity index (χ0) is 13.1. The van der Waals surface area contributed by atoms with Crippen LogP contribution in [0.3, 0.4) is 0 Å². The van der Waals surface area contributed by atoms with Gasteiger partial charge in [-0.05, 0) is 25.1 Å². The number of rotatable bonds is 3. The van der Waals surface area contributed by atoms with Crippen LogP contribution in [0.1, 0.15) is 21.9 Å². The van der Waals surface area contributed by atoms with Crippen LogP contribution in [0.4, 0.5) is 4.39 Å². The van der Waals surface area contributed by atoms with Gasteiger partial charge < -0.3 is 4.74 Å². The number of hydrogen-bond donors (Lipinski definition) is 0. The van der Waals surface area contributed by atoms with E-state index in [-0.39, 0.29) is 22.8 Å². The van der Waals surface area contributed by atoms with Crippen LogP contribution in [0, 0.1) is 12.7 Å². The van der Waals surface area contributed by atoms with Crippen LogP contribution in [-0.2, 0) is 0 Å². The summed E-state index contributed by atoms with van der Waals surface area (Å²) in [5.41, 5.74) is 0.532. The molecule has 0 saturated carbocycles. The van der Waals surface area contributed by atoms with Gasteiger partial charge in [0, 0.05) is 12.3 Å². The lowest BCUT2D eigenvalue weighted by molar-refractivity contribution is 0.103. The number of benzene rings is 1. The highest BCUT2D eigenvalue weighted by Crippen LogP contribution is 2.22. The predicted octanol–water partition coefficient (Wildman–Crippen LogP) is 2.16. The number of aryl methyl sites for hydroxylation is 1. The summed E-state index contributed by atoms with van der Waals surface area (Å²) >= 11 is 0. The second-order valence-electron chi connectivity index (χ2n) is 3.66. The first-order valence-corrected chi connectivity index (χ1v) is 5.29. The lowest BCUT2D eigenvalue weighted by Gasteiger charge is -2.07. The molecule has 92 valence electrons. The fraction of sp³-hybridized carbons (Fsp3) is 0.154. The fourth-order valence-corrected chi connectivity index (χ4v) is 1.57. The van der Waals surface area contributed by atoms with E-state index in [4.69, 9.17) is 4.74 Å². The van der Waals surface area contributed by atoms with Crippen LogP contribution in [0.25, 0.3) is 0 Å². The van der Waals surface area contributed by atoms with Gasteiger partial charge in [-0.25, -0.2) is 14.4 Å². The van der Waals surface area contributed by atoms with E-state index < -0.39 is 5.82 Å². The first-order valence-electron chi connectivity index (χ1n) is 5.29. The summed E-state index contributed by atoms with van der Waals surface area (Å²) in [6.07, 6.45) is 1.51. The number of aromatic nitrogens is 2. The van der Waals surface area contributed by atoms with Crippen molar-refractivity contribution in [2.75, 3.05) is 7.11 Å². The molecule has 0 amide bonds. The molecule has 1 heterocycles. The van der Waals surface area contributed by atoms with Crippen LogP contribution in [0.15, 0.2) is 30.5 Å².